The molecule has 138 valence electrons. The van der Waals surface area contributed by atoms with Crippen molar-refractivity contribution >= 4 is 11.8 Å². The van der Waals surface area contributed by atoms with E-state index in [1.165, 1.54) is 38.5 Å². The van der Waals surface area contributed by atoms with Crippen molar-refractivity contribution in [3.05, 3.63) is 0 Å². The number of amides is 2. The van der Waals surface area contributed by atoms with Crippen molar-refractivity contribution in [1.29, 1.82) is 0 Å². The van der Waals surface area contributed by atoms with Crippen molar-refractivity contribution in [2.75, 3.05) is 19.6 Å². The number of likely N-dealkylation sites (tertiary alicyclic amines) is 1. The van der Waals surface area contributed by atoms with E-state index in [0.29, 0.717) is 13.1 Å². The molecule has 5 nitrogen and oxygen atoms in total. The Morgan fingerprint density at radius 1 is 1.08 bits per heavy atom. The van der Waals surface area contributed by atoms with Gasteiger partial charge in [-0.3, -0.25) is 9.59 Å². The molecule has 24 heavy (non-hydrogen) atoms. The van der Waals surface area contributed by atoms with Crippen LogP contribution < -0.4 is 11.1 Å². The Labute approximate surface area is 146 Å². The van der Waals surface area contributed by atoms with Gasteiger partial charge in [0.2, 0.25) is 11.8 Å². The van der Waals surface area contributed by atoms with E-state index in [1.807, 2.05) is 0 Å². The van der Waals surface area contributed by atoms with Crippen LogP contribution in [0.5, 0.6) is 0 Å². The molecule has 0 spiro atoms. The number of piperidine rings is 1. The van der Waals surface area contributed by atoms with Gasteiger partial charge in [-0.05, 0) is 39.0 Å². The van der Waals surface area contributed by atoms with Gasteiger partial charge in [-0.25, -0.2) is 0 Å². The summed E-state index contributed by atoms with van der Waals surface area (Å²) < 4.78 is 0. The van der Waals surface area contributed by atoms with Gasteiger partial charge in [0.1, 0.15) is 0 Å². The average molecular weight is 338 g/mol. The summed E-state index contributed by atoms with van der Waals surface area (Å²) in [5.41, 5.74) is 5.37. The first kappa shape index (κ1) is 19.2. The maximum atomic E-state index is 12.5. The van der Waals surface area contributed by atoms with E-state index < -0.39 is 0 Å². The fraction of sp³-hybridized carbons (Fsp3) is 0.895. The summed E-state index contributed by atoms with van der Waals surface area (Å²) in [6.45, 7) is 5.98. The van der Waals surface area contributed by atoms with Crippen LogP contribution in [-0.4, -0.2) is 41.9 Å². The molecule has 2 aliphatic rings. The zero-order valence-corrected chi connectivity index (χ0v) is 15.5. The number of nitrogens with one attached hydrogen (secondary N) is 1. The molecule has 2 rings (SSSR count). The van der Waals surface area contributed by atoms with E-state index >= 15 is 0 Å². The Bertz CT molecular complexity index is 428. The molecule has 1 aliphatic heterocycles. The van der Waals surface area contributed by atoms with Gasteiger partial charge in [0.05, 0.1) is 12.5 Å². The number of nitrogens with two attached hydrogens (primary N) is 1. The van der Waals surface area contributed by atoms with Crippen LogP contribution in [0.25, 0.3) is 0 Å². The molecule has 5 heteroatoms. The Balaban J connectivity index is 1.77. The third kappa shape index (κ3) is 6.08. The average Bonchev–Trinajstić information content (AvgIpc) is 2.81. The minimum Gasteiger partial charge on any atom is -0.369 e. The van der Waals surface area contributed by atoms with Crippen LogP contribution in [0.15, 0.2) is 0 Å². The summed E-state index contributed by atoms with van der Waals surface area (Å²) in [5, 5.41) is 3.46. The lowest BCUT2D eigenvalue weighted by Crippen LogP contribution is -2.50. The van der Waals surface area contributed by atoms with Crippen molar-refractivity contribution in [1.82, 2.24) is 10.2 Å². The van der Waals surface area contributed by atoms with Gasteiger partial charge in [0, 0.05) is 18.6 Å². The molecule has 1 atom stereocenters. The quantitative estimate of drug-likeness (QED) is 0.731. The SMILES string of the molecule is CC(C)(CC1CCCCCC1)NCC(=O)N1CCC[C@H](C(N)=O)C1. The van der Waals surface area contributed by atoms with Crippen LogP contribution in [0, 0.1) is 11.8 Å². The Hall–Kier alpha value is -1.10. The van der Waals surface area contributed by atoms with Crippen LogP contribution in [-0.2, 0) is 9.59 Å². The second kappa shape index (κ2) is 8.84. The standard InChI is InChI=1S/C19H35N3O2/c1-19(2,12-15-8-5-3-4-6-9-15)21-13-17(23)22-11-7-10-16(14-22)18(20)24/h15-16,21H,3-14H2,1-2H3,(H2,20,24)/t16-/m0/s1. The van der Waals surface area contributed by atoms with Crippen LogP contribution >= 0.6 is 0 Å². The number of hydrogen-bond donors (Lipinski definition) is 2. The second-order valence-corrected chi connectivity index (χ2v) is 8.38. The Morgan fingerprint density at radius 3 is 2.38 bits per heavy atom. The minimum atomic E-state index is -0.283. The van der Waals surface area contributed by atoms with Gasteiger partial charge in [-0.2, -0.15) is 0 Å². The first-order valence-electron chi connectivity index (χ1n) is 9.69. The lowest BCUT2D eigenvalue weighted by atomic mass is 9.86. The normalized spacial score (nSPS) is 23.8. The highest BCUT2D eigenvalue weighted by atomic mass is 16.2. The topological polar surface area (TPSA) is 75.4 Å². The summed E-state index contributed by atoms with van der Waals surface area (Å²) in [6, 6.07) is 0. The number of nitrogens with zero attached hydrogens (tertiary/aromatic N) is 1. The van der Waals surface area contributed by atoms with Gasteiger partial charge >= 0.3 is 0 Å². The van der Waals surface area contributed by atoms with Gasteiger partial charge in [0.25, 0.3) is 0 Å². The number of hydrogen-bond acceptors (Lipinski definition) is 3. The maximum Gasteiger partial charge on any atom is 0.236 e. The first-order chi connectivity index (χ1) is 11.4. The molecule has 2 fully saturated rings. The third-order valence-corrected chi connectivity index (χ3v) is 5.67. The van der Waals surface area contributed by atoms with E-state index in [4.69, 9.17) is 5.73 Å². The van der Waals surface area contributed by atoms with Gasteiger partial charge in [-0.1, -0.05) is 38.5 Å². The summed E-state index contributed by atoms with van der Waals surface area (Å²) in [7, 11) is 0. The number of carbonyl (C=O) groups excluding carboxylic acids is 2. The van der Waals surface area contributed by atoms with Crippen molar-refractivity contribution in [2.24, 2.45) is 17.6 Å². The van der Waals surface area contributed by atoms with E-state index in [1.54, 1.807) is 4.90 Å². The zero-order chi connectivity index (χ0) is 17.6. The molecule has 2 amide bonds. The molecule has 0 aromatic carbocycles. The van der Waals surface area contributed by atoms with Crippen molar-refractivity contribution in [3.63, 3.8) is 0 Å². The molecule has 0 radical (unpaired) electrons. The largest absolute Gasteiger partial charge is 0.369 e. The Morgan fingerprint density at radius 2 is 1.75 bits per heavy atom. The summed E-state index contributed by atoms with van der Waals surface area (Å²) in [4.78, 5) is 25.6. The van der Waals surface area contributed by atoms with Crippen molar-refractivity contribution in [3.8, 4) is 0 Å². The fourth-order valence-corrected chi connectivity index (χ4v) is 4.22. The van der Waals surface area contributed by atoms with E-state index in [0.717, 1.165) is 31.7 Å². The summed E-state index contributed by atoms with van der Waals surface area (Å²) >= 11 is 0. The molecule has 0 bridgehead atoms. The van der Waals surface area contributed by atoms with E-state index in [2.05, 4.69) is 19.2 Å². The number of rotatable bonds is 6. The maximum absolute atomic E-state index is 12.5. The van der Waals surface area contributed by atoms with Crippen LogP contribution in [0.4, 0.5) is 0 Å². The second-order valence-electron chi connectivity index (χ2n) is 8.38. The molecule has 0 aromatic heterocycles. The summed E-state index contributed by atoms with van der Waals surface area (Å²) in [6.07, 6.45) is 10.9. The monoisotopic (exact) mass is 337 g/mol. The highest BCUT2D eigenvalue weighted by Crippen LogP contribution is 2.29. The highest BCUT2D eigenvalue weighted by Gasteiger charge is 2.29. The lowest BCUT2D eigenvalue weighted by Gasteiger charge is -2.34. The predicted molar refractivity (Wildman–Crippen MR) is 96.4 cm³/mol. The van der Waals surface area contributed by atoms with E-state index in [9.17, 15) is 9.59 Å². The van der Waals surface area contributed by atoms with Gasteiger partial charge in [0.15, 0.2) is 0 Å². The molecule has 1 saturated carbocycles. The van der Waals surface area contributed by atoms with Gasteiger partial charge in [-0.15, -0.1) is 0 Å². The van der Waals surface area contributed by atoms with E-state index in [-0.39, 0.29) is 23.3 Å². The number of primary amides is 1. The van der Waals surface area contributed by atoms with Crippen molar-refractivity contribution < 1.29 is 9.59 Å². The predicted octanol–water partition coefficient (Wildman–Crippen LogP) is 2.44. The molecule has 1 heterocycles. The summed E-state index contributed by atoms with van der Waals surface area (Å²) in [5.74, 6) is 0.407. The molecule has 0 aromatic rings. The smallest absolute Gasteiger partial charge is 0.236 e. The lowest BCUT2D eigenvalue weighted by molar-refractivity contribution is -0.134. The van der Waals surface area contributed by atoms with Crippen LogP contribution in [0.3, 0.4) is 0 Å². The first-order valence-corrected chi connectivity index (χ1v) is 9.69. The highest BCUT2D eigenvalue weighted by molar-refractivity contribution is 5.81. The molecule has 1 aliphatic carbocycles. The zero-order valence-electron chi connectivity index (χ0n) is 15.5. The molecule has 1 saturated heterocycles. The molecule has 0 unspecified atom stereocenters. The molecular formula is C19H35N3O2. The minimum absolute atomic E-state index is 0.0243. The third-order valence-electron chi connectivity index (χ3n) is 5.67. The number of carbonyl (C=O) groups is 2. The Kier molecular flexibility index (Phi) is 7.08. The van der Waals surface area contributed by atoms with Gasteiger partial charge < -0.3 is 16.0 Å². The van der Waals surface area contributed by atoms with Crippen LogP contribution in [0.2, 0.25) is 0 Å². The van der Waals surface area contributed by atoms with Crippen molar-refractivity contribution in [2.45, 2.75) is 77.2 Å². The molecule has 3 N–H and O–H groups in total. The molecular weight excluding hydrogens is 302 g/mol. The fourth-order valence-electron chi connectivity index (χ4n) is 4.22. The van der Waals surface area contributed by atoms with Crippen LogP contribution in [0.1, 0.15) is 71.6 Å².